The first kappa shape index (κ1) is 23.6. The van der Waals surface area contributed by atoms with Crippen LogP contribution >= 0.6 is 11.6 Å². The number of benzodiazepines with no additional fused rings is 1. The summed E-state index contributed by atoms with van der Waals surface area (Å²) in [5, 5.41) is 14.0. The van der Waals surface area contributed by atoms with Gasteiger partial charge in [-0.1, -0.05) is 66.2 Å². The van der Waals surface area contributed by atoms with Crippen LogP contribution < -0.4 is 15.1 Å². The number of hydrogen-bond acceptors (Lipinski definition) is 5. The Kier molecular flexibility index (Phi) is 6.71. The fourth-order valence-corrected chi connectivity index (χ4v) is 4.46. The molecule has 0 bridgehead atoms. The number of phenols is 1. The van der Waals surface area contributed by atoms with Crippen LogP contribution in [0.4, 0.5) is 17.1 Å². The molecule has 6 nitrogen and oxygen atoms in total. The number of para-hydroxylation sites is 1. The first-order chi connectivity index (χ1) is 17.5. The first-order valence-corrected chi connectivity index (χ1v) is 11.9. The van der Waals surface area contributed by atoms with Crippen LogP contribution in [0.3, 0.4) is 0 Å². The van der Waals surface area contributed by atoms with E-state index in [9.17, 15) is 9.90 Å². The number of likely N-dealkylation sites (N-methyl/N-ethyl adjacent to an activating group) is 1. The second kappa shape index (κ2) is 10.2. The third kappa shape index (κ3) is 4.82. The summed E-state index contributed by atoms with van der Waals surface area (Å²) in [6.07, 6.45) is -0.847. The van der Waals surface area contributed by atoms with Gasteiger partial charge in [-0.3, -0.25) is 15.1 Å². The van der Waals surface area contributed by atoms with Crippen LogP contribution in [0.15, 0.2) is 108 Å². The number of anilines is 3. The Labute approximate surface area is 215 Å². The smallest absolute Gasteiger partial charge is 0.266 e. The number of benzene rings is 4. The highest BCUT2D eigenvalue weighted by Crippen LogP contribution is 2.31. The van der Waals surface area contributed by atoms with E-state index in [0.29, 0.717) is 10.7 Å². The van der Waals surface area contributed by atoms with E-state index in [1.165, 1.54) is 0 Å². The Balaban J connectivity index is 1.54. The number of aromatic hydroxyl groups is 1. The molecule has 4 aromatic rings. The number of nitrogens with zero attached hydrogens (tertiary/aromatic N) is 3. The van der Waals surface area contributed by atoms with E-state index in [0.717, 1.165) is 28.2 Å². The second-order valence-electron chi connectivity index (χ2n) is 8.45. The van der Waals surface area contributed by atoms with Gasteiger partial charge in [0.25, 0.3) is 5.91 Å². The van der Waals surface area contributed by atoms with Crippen molar-refractivity contribution in [2.24, 2.45) is 4.99 Å². The Morgan fingerprint density at radius 2 is 1.61 bits per heavy atom. The lowest BCUT2D eigenvalue weighted by molar-refractivity contribution is -0.120. The van der Waals surface area contributed by atoms with Gasteiger partial charge in [-0.15, -0.1) is 0 Å². The molecule has 1 unspecified atom stereocenters. The van der Waals surface area contributed by atoms with E-state index >= 15 is 0 Å². The molecule has 0 radical (unpaired) electrons. The molecule has 0 aromatic heterocycles. The highest BCUT2D eigenvalue weighted by molar-refractivity contribution is 6.32. The standard InChI is InChI=1S/C29H25ClN4O2/c1-33-26-16-15-21(30)17-25(26)27(20-9-4-2-5-10-20)32-28(29(33)36)31-19-34(22-11-6-3-7-12-22)23-13-8-14-24(35)18-23/h2-18,28,31,35H,19H2,1H3. The monoisotopic (exact) mass is 496 g/mol. The fraction of sp³-hybridized carbons (Fsp3) is 0.103. The predicted molar refractivity (Wildman–Crippen MR) is 145 cm³/mol. The van der Waals surface area contributed by atoms with Gasteiger partial charge in [0.05, 0.1) is 18.1 Å². The minimum Gasteiger partial charge on any atom is -0.508 e. The molecule has 0 fully saturated rings. The first-order valence-electron chi connectivity index (χ1n) is 11.6. The molecular weight excluding hydrogens is 472 g/mol. The molecular formula is C29H25ClN4O2. The van der Waals surface area contributed by atoms with Crippen molar-refractivity contribution in [3.63, 3.8) is 0 Å². The zero-order valence-electron chi connectivity index (χ0n) is 19.7. The minimum atomic E-state index is -0.847. The van der Waals surface area contributed by atoms with Gasteiger partial charge in [0.2, 0.25) is 0 Å². The van der Waals surface area contributed by atoms with Gasteiger partial charge in [0.1, 0.15) is 5.75 Å². The number of carbonyl (C=O) groups is 1. The highest BCUT2D eigenvalue weighted by Gasteiger charge is 2.30. The largest absolute Gasteiger partial charge is 0.508 e. The molecule has 0 saturated carbocycles. The predicted octanol–water partition coefficient (Wildman–Crippen LogP) is 5.57. The Morgan fingerprint density at radius 1 is 0.917 bits per heavy atom. The molecule has 36 heavy (non-hydrogen) atoms. The van der Waals surface area contributed by atoms with Crippen molar-refractivity contribution in [2.75, 3.05) is 23.5 Å². The Bertz CT molecular complexity index is 1410. The molecule has 1 aliphatic rings. The lowest BCUT2D eigenvalue weighted by Crippen LogP contribution is -2.46. The number of aliphatic imine (C=N–C) groups is 1. The second-order valence-corrected chi connectivity index (χ2v) is 8.89. The van der Waals surface area contributed by atoms with Crippen molar-refractivity contribution in [3.05, 3.63) is 119 Å². The molecule has 4 aromatic carbocycles. The maximum atomic E-state index is 13.6. The Morgan fingerprint density at radius 3 is 2.33 bits per heavy atom. The molecule has 0 spiro atoms. The number of rotatable bonds is 6. The third-order valence-corrected chi connectivity index (χ3v) is 6.33. The van der Waals surface area contributed by atoms with Crippen LogP contribution in [0.1, 0.15) is 11.1 Å². The van der Waals surface area contributed by atoms with Crippen LogP contribution in [0.2, 0.25) is 5.02 Å². The molecule has 2 N–H and O–H groups in total. The van der Waals surface area contributed by atoms with E-state index in [1.54, 1.807) is 36.2 Å². The molecule has 1 atom stereocenters. The number of carbonyl (C=O) groups excluding carboxylic acids is 1. The molecule has 0 aliphatic carbocycles. The SMILES string of the molecule is CN1C(=O)C(NCN(c2ccccc2)c2cccc(O)c2)N=C(c2ccccc2)c2cc(Cl)ccc21. The zero-order valence-corrected chi connectivity index (χ0v) is 20.4. The zero-order chi connectivity index (χ0) is 25.1. The van der Waals surface area contributed by atoms with Crippen LogP contribution in [-0.2, 0) is 4.79 Å². The van der Waals surface area contributed by atoms with Crippen LogP contribution in [-0.4, -0.2) is 36.6 Å². The number of hydrogen-bond donors (Lipinski definition) is 2. The van der Waals surface area contributed by atoms with E-state index in [4.69, 9.17) is 16.6 Å². The molecule has 1 heterocycles. The van der Waals surface area contributed by atoms with Crippen LogP contribution in [0.25, 0.3) is 0 Å². The number of nitrogens with one attached hydrogen (secondary N) is 1. The van der Waals surface area contributed by atoms with Crippen molar-refractivity contribution in [1.82, 2.24) is 5.32 Å². The van der Waals surface area contributed by atoms with Crippen molar-refractivity contribution in [1.29, 1.82) is 0 Å². The molecule has 1 amide bonds. The Hall–Kier alpha value is -4.13. The van der Waals surface area contributed by atoms with E-state index < -0.39 is 6.17 Å². The van der Waals surface area contributed by atoms with E-state index in [-0.39, 0.29) is 18.3 Å². The third-order valence-electron chi connectivity index (χ3n) is 6.10. The quantitative estimate of drug-likeness (QED) is 0.342. The van der Waals surface area contributed by atoms with Crippen LogP contribution in [0, 0.1) is 0 Å². The minimum absolute atomic E-state index is 0.162. The van der Waals surface area contributed by atoms with Crippen molar-refractivity contribution >= 4 is 40.3 Å². The highest BCUT2D eigenvalue weighted by atomic mass is 35.5. The molecule has 7 heteroatoms. The van der Waals surface area contributed by atoms with E-state index in [1.807, 2.05) is 83.8 Å². The van der Waals surface area contributed by atoms with Gasteiger partial charge in [-0.2, -0.15) is 0 Å². The fourth-order valence-electron chi connectivity index (χ4n) is 4.28. The van der Waals surface area contributed by atoms with Crippen LogP contribution in [0.5, 0.6) is 5.75 Å². The van der Waals surface area contributed by atoms with Gasteiger partial charge in [-0.05, 0) is 42.5 Å². The van der Waals surface area contributed by atoms with Gasteiger partial charge < -0.3 is 14.9 Å². The van der Waals surface area contributed by atoms with Gasteiger partial charge >= 0.3 is 0 Å². The van der Waals surface area contributed by atoms with Crippen molar-refractivity contribution < 1.29 is 9.90 Å². The maximum absolute atomic E-state index is 13.6. The summed E-state index contributed by atoms with van der Waals surface area (Å²) in [5.41, 5.74) is 4.81. The number of phenolic OH excluding ortho intramolecular Hbond substituents is 1. The average Bonchev–Trinajstić information content (AvgIpc) is 3.00. The van der Waals surface area contributed by atoms with Crippen molar-refractivity contribution in [3.8, 4) is 5.75 Å². The summed E-state index contributed by atoms with van der Waals surface area (Å²) < 4.78 is 0. The topological polar surface area (TPSA) is 68.2 Å². The normalized spacial score (nSPS) is 15.2. The molecule has 180 valence electrons. The number of fused-ring (bicyclic) bond motifs is 1. The molecule has 0 saturated heterocycles. The van der Waals surface area contributed by atoms with Gasteiger partial charge in [-0.25, -0.2) is 0 Å². The maximum Gasteiger partial charge on any atom is 0.266 e. The van der Waals surface area contributed by atoms with Crippen molar-refractivity contribution in [2.45, 2.75) is 6.17 Å². The summed E-state index contributed by atoms with van der Waals surface area (Å²) in [7, 11) is 1.75. The number of amides is 1. The average molecular weight is 497 g/mol. The van der Waals surface area contributed by atoms with E-state index in [2.05, 4.69) is 5.32 Å². The lowest BCUT2D eigenvalue weighted by atomic mass is 10.0. The number of halogens is 1. The summed E-state index contributed by atoms with van der Waals surface area (Å²) in [6.45, 7) is 0.278. The summed E-state index contributed by atoms with van der Waals surface area (Å²) >= 11 is 6.35. The van der Waals surface area contributed by atoms with Gasteiger partial charge in [0, 0.05) is 40.6 Å². The summed E-state index contributed by atoms with van der Waals surface area (Å²) in [4.78, 5) is 22.1. The molecule has 5 rings (SSSR count). The molecule has 1 aliphatic heterocycles. The lowest BCUT2D eigenvalue weighted by Gasteiger charge is -2.28. The summed E-state index contributed by atoms with van der Waals surface area (Å²) in [6, 6.07) is 32.0. The summed E-state index contributed by atoms with van der Waals surface area (Å²) in [5.74, 6) is -0.0242. The van der Waals surface area contributed by atoms with Gasteiger partial charge in [0.15, 0.2) is 6.17 Å².